The van der Waals surface area contributed by atoms with E-state index >= 15 is 0 Å². The number of halogens is 1. The highest BCUT2D eigenvalue weighted by Crippen LogP contribution is 2.42. The highest BCUT2D eigenvalue weighted by Gasteiger charge is 2.42. The van der Waals surface area contributed by atoms with Crippen molar-refractivity contribution in [1.82, 2.24) is 0 Å². The van der Waals surface area contributed by atoms with Crippen molar-refractivity contribution in [2.75, 3.05) is 20.3 Å². The average Bonchev–Trinajstić information content (AvgIpc) is 3.25. The molecule has 1 aliphatic carbocycles. The molecule has 40 heavy (non-hydrogen) atoms. The molecule has 0 spiro atoms. The van der Waals surface area contributed by atoms with Crippen molar-refractivity contribution in [2.45, 2.75) is 128 Å². The molecule has 2 heterocycles. The first-order chi connectivity index (χ1) is 19.4. The molecule has 7 heteroatoms. The maximum absolute atomic E-state index is 11.4. The Bertz CT molecular complexity index is 810. The fourth-order valence-corrected chi connectivity index (χ4v) is 6.24. The zero-order valence-electron chi connectivity index (χ0n) is 25.2. The molecular weight excluding hydrogens is 528 g/mol. The lowest BCUT2D eigenvalue weighted by atomic mass is 9.89. The molecule has 0 aromatic carbocycles. The van der Waals surface area contributed by atoms with Gasteiger partial charge in [0.1, 0.15) is 0 Å². The van der Waals surface area contributed by atoms with Crippen molar-refractivity contribution in [3.63, 3.8) is 0 Å². The Kier molecular flexibility index (Phi) is 15.3. The van der Waals surface area contributed by atoms with Crippen LogP contribution >= 0.6 is 11.6 Å². The third kappa shape index (κ3) is 11.6. The number of alkyl halides is 1. The third-order valence-electron chi connectivity index (χ3n) is 8.29. The van der Waals surface area contributed by atoms with Gasteiger partial charge in [0.25, 0.3) is 0 Å². The molecule has 0 aromatic rings. The molecule has 6 nitrogen and oxygen atoms in total. The van der Waals surface area contributed by atoms with Crippen LogP contribution in [0.15, 0.2) is 36.0 Å². The van der Waals surface area contributed by atoms with Gasteiger partial charge in [0.15, 0.2) is 12.6 Å². The lowest BCUT2D eigenvalue weighted by Crippen LogP contribution is -2.32. The smallest absolute Gasteiger partial charge is 0.305 e. The SMILES string of the molecule is COC(=O)CCC/C=C\C[C@@H]1[C@@H](/C=C/[C@@H](OC2CCCCO2)C(C)CC=C(C)C)[C@H](OC2CCCCO2)C[C@H]1Cl. The number of allylic oxidation sites excluding steroid dienone is 4. The normalized spacial score (nSPS) is 30.9. The zero-order chi connectivity index (χ0) is 28.7. The predicted molar refractivity (Wildman–Crippen MR) is 160 cm³/mol. The van der Waals surface area contributed by atoms with Gasteiger partial charge in [-0.3, -0.25) is 4.79 Å². The quantitative estimate of drug-likeness (QED) is 0.0849. The molecule has 2 aliphatic heterocycles. The maximum atomic E-state index is 11.4. The van der Waals surface area contributed by atoms with E-state index in [0.717, 1.165) is 83.8 Å². The Morgan fingerprint density at radius 1 is 1.05 bits per heavy atom. The van der Waals surface area contributed by atoms with Crippen LogP contribution in [-0.4, -0.2) is 56.5 Å². The van der Waals surface area contributed by atoms with Crippen LogP contribution in [0.4, 0.5) is 0 Å². The van der Waals surface area contributed by atoms with Crippen LogP contribution in [0.25, 0.3) is 0 Å². The van der Waals surface area contributed by atoms with E-state index in [4.69, 9.17) is 35.3 Å². The van der Waals surface area contributed by atoms with Gasteiger partial charge in [-0.25, -0.2) is 0 Å². The summed E-state index contributed by atoms with van der Waals surface area (Å²) in [4.78, 5) is 11.4. The Morgan fingerprint density at radius 2 is 1.77 bits per heavy atom. The van der Waals surface area contributed by atoms with Gasteiger partial charge in [-0.2, -0.15) is 0 Å². The number of methoxy groups -OCH3 is 1. The number of rotatable bonds is 15. The summed E-state index contributed by atoms with van der Waals surface area (Å²) in [5.74, 6) is 0.582. The number of unbranched alkanes of at least 4 members (excludes halogenated alkanes) is 1. The summed E-state index contributed by atoms with van der Waals surface area (Å²) >= 11 is 7.00. The van der Waals surface area contributed by atoms with Gasteiger partial charge in [0, 0.05) is 30.9 Å². The molecule has 0 N–H and O–H groups in total. The highest BCUT2D eigenvalue weighted by molar-refractivity contribution is 6.21. The first-order valence-electron chi connectivity index (χ1n) is 15.6. The molecule has 8 atom stereocenters. The van der Waals surface area contributed by atoms with Crippen molar-refractivity contribution < 1.29 is 28.5 Å². The van der Waals surface area contributed by atoms with Crippen molar-refractivity contribution >= 4 is 17.6 Å². The van der Waals surface area contributed by atoms with Gasteiger partial charge in [-0.1, -0.05) is 42.9 Å². The molecule has 3 rings (SSSR count). The standard InChI is InChI=1S/C33H53ClO6/c1-24(2)17-18-25(3)29(39-32-15-9-11-21-37-32)20-19-27-26(13-7-5-6-8-14-31(35)36-4)28(34)23-30(27)40-33-16-10-12-22-38-33/h5,7,17,19-20,25-30,32-33H,6,8-16,18,21-23H2,1-4H3/b7-5-,20-19+/t25?,26-,27-,28-,29-,30-,32?,33?/m1/s1. The lowest BCUT2D eigenvalue weighted by molar-refractivity contribution is -0.193. The van der Waals surface area contributed by atoms with Crippen LogP contribution in [0.2, 0.25) is 0 Å². The summed E-state index contributed by atoms with van der Waals surface area (Å²) < 4.78 is 29.8. The number of carbonyl (C=O) groups excluding carboxylic acids is 1. The highest BCUT2D eigenvalue weighted by atomic mass is 35.5. The van der Waals surface area contributed by atoms with E-state index in [1.165, 1.54) is 12.7 Å². The third-order valence-corrected chi connectivity index (χ3v) is 8.79. The summed E-state index contributed by atoms with van der Waals surface area (Å²) in [6.45, 7) is 8.08. The van der Waals surface area contributed by atoms with Crippen LogP contribution in [0.1, 0.15) is 97.8 Å². The molecule has 0 radical (unpaired) electrons. The minimum Gasteiger partial charge on any atom is -0.469 e. The molecule has 0 amide bonds. The monoisotopic (exact) mass is 580 g/mol. The van der Waals surface area contributed by atoms with Gasteiger partial charge in [-0.15, -0.1) is 11.6 Å². The van der Waals surface area contributed by atoms with Crippen molar-refractivity contribution in [2.24, 2.45) is 17.8 Å². The second-order valence-electron chi connectivity index (χ2n) is 11.9. The van der Waals surface area contributed by atoms with Gasteiger partial charge in [-0.05, 0) is 96.3 Å². The lowest BCUT2D eigenvalue weighted by Gasteiger charge is -2.31. The van der Waals surface area contributed by atoms with E-state index in [-0.39, 0.29) is 48.0 Å². The topological polar surface area (TPSA) is 63.2 Å². The number of esters is 1. The molecule has 3 aliphatic rings. The van der Waals surface area contributed by atoms with Gasteiger partial charge in [0.05, 0.1) is 19.3 Å². The van der Waals surface area contributed by atoms with Crippen LogP contribution in [0.3, 0.4) is 0 Å². The minimum atomic E-state index is -0.158. The average molecular weight is 581 g/mol. The number of ether oxygens (including phenoxy) is 5. The fourth-order valence-electron chi connectivity index (χ4n) is 5.80. The largest absolute Gasteiger partial charge is 0.469 e. The van der Waals surface area contributed by atoms with Crippen LogP contribution < -0.4 is 0 Å². The Morgan fingerprint density at radius 3 is 2.42 bits per heavy atom. The number of hydrogen-bond donors (Lipinski definition) is 0. The Labute approximate surface area is 247 Å². The van der Waals surface area contributed by atoms with Gasteiger partial charge < -0.3 is 23.7 Å². The van der Waals surface area contributed by atoms with E-state index in [0.29, 0.717) is 12.3 Å². The van der Waals surface area contributed by atoms with Crippen LogP contribution in [0.5, 0.6) is 0 Å². The van der Waals surface area contributed by atoms with Crippen LogP contribution in [-0.2, 0) is 28.5 Å². The zero-order valence-corrected chi connectivity index (χ0v) is 26.0. The molecule has 228 valence electrons. The summed E-state index contributed by atoms with van der Waals surface area (Å²) in [5, 5.41) is 0.0205. The molecular formula is C33H53ClO6. The fraction of sp³-hybridized carbons (Fsp3) is 0.788. The second-order valence-corrected chi connectivity index (χ2v) is 12.5. The molecule has 2 saturated heterocycles. The van der Waals surface area contributed by atoms with Crippen molar-refractivity contribution in [3.05, 3.63) is 36.0 Å². The van der Waals surface area contributed by atoms with Gasteiger partial charge in [0.2, 0.25) is 0 Å². The summed E-state index contributed by atoms with van der Waals surface area (Å²) in [6.07, 6.45) is 22.0. The predicted octanol–water partition coefficient (Wildman–Crippen LogP) is 7.89. The second kappa shape index (κ2) is 18.4. The summed E-state index contributed by atoms with van der Waals surface area (Å²) in [6, 6.07) is 0. The van der Waals surface area contributed by atoms with E-state index in [9.17, 15) is 4.79 Å². The molecule has 3 fully saturated rings. The maximum Gasteiger partial charge on any atom is 0.305 e. The Balaban J connectivity index is 1.72. The summed E-state index contributed by atoms with van der Waals surface area (Å²) in [7, 11) is 1.43. The molecule has 3 unspecified atom stereocenters. The minimum absolute atomic E-state index is 0.0132. The van der Waals surface area contributed by atoms with E-state index in [2.05, 4.69) is 51.2 Å². The van der Waals surface area contributed by atoms with E-state index in [1.807, 2.05) is 0 Å². The van der Waals surface area contributed by atoms with Crippen molar-refractivity contribution in [3.8, 4) is 0 Å². The van der Waals surface area contributed by atoms with Crippen molar-refractivity contribution in [1.29, 1.82) is 0 Å². The van der Waals surface area contributed by atoms with Gasteiger partial charge >= 0.3 is 5.97 Å². The summed E-state index contributed by atoms with van der Waals surface area (Å²) in [5.41, 5.74) is 1.32. The Hall–Kier alpha value is -1.18. The first-order valence-corrected chi connectivity index (χ1v) is 16.0. The number of carbonyl (C=O) groups is 1. The molecule has 1 saturated carbocycles. The number of hydrogen-bond acceptors (Lipinski definition) is 6. The first kappa shape index (κ1) is 33.3. The molecule has 0 bridgehead atoms. The molecule has 0 aromatic heterocycles. The van der Waals surface area contributed by atoms with E-state index < -0.39 is 0 Å². The van der Waals surface area contributed by atoms with Crippen LogP contribution in [0, 0.1) is 17.8 Å². The van der Waals surface area contributed by atoms with E-state index in [1.54, 1.807) is 0 Å².